The highest BCUT2D eigenvalue weighted by Gasteiger charge is 2.20. The number of nitrogens with one attached hydrogen (secondary N) is 1. The average Bonchev–Trinajstić information content (AvgIpc) is 2.67. The topological polar surface area (TPSA) is 84.4 Å². The standard InChI is InChI=1S/C18H24N4O3S/c1-14-12-15(21-18(20-14)22-10-6-3-7-11-22)13-19-26(23,24)17-9-5-4-8-16(17)25-2/h4-5,8-9,12,19H,3,6-7,10-11,13H2,1-2H3. The molecular formula is C18H24N4O3S. The maximum absolute atomic E-state index is 12.6. The quantitative estimate of drug-likeness (QED) is 0.832. The summed E-state index contributed by atoms with van der Waals surface area (Å²) < 4.78 is 33.0. The van der Waals surface area contributed by atoms with E-state index >= 15 is 0 Å². The molecule has 0 bridgehead atoms. The van der Waals surface area contributed by atoms with Gasteiger partial charge in [-0.2, -0.15) is 0 Å². The van der Waals surface area contributed by atoms with Gasteiger partial charge in [0.2, 0.25) is 16.0 Å². The Morgan fingerprint density at radius 2 is 1.88 bits per heavy atom. The van der Waals surface area contributed by atoms with Crippen molar-refractivity contribution in [2.45, 2.75) is 37.6 Å². The molecule has 8 heteroatoms. The molecule has 0 unspecified atom stereocenters. The van der Waals surface area contributed by atoms with E-state index < -0.39 is 10.0 Å². The molecule has 0 spiro atoms. The molecule has 2 aromatic rings. The second kappa shape index (κ2) is 8.01. The molecule has 1 aliphatic rings. The number of anilines is 1. The Morgan fingerprint density at radius 1 is 1.15 bits per heavy atom. The van der Waals surface area contributed by atoms with Crippen LogP contribution in [0.4, 0.5) is 5.95 Å². The van der Waals surface area contributed by atoms with Crippen LogP contribution in [0.2, 0.25) is 0 Å². The second-order valence-corrected chi connectivity index (χ2v) is 8.06. The first-order valence-electron chi connectivity index (χ1n) is 8.72. The van der Waals surface area contributed by atoms with Crippen molar-refractivity contribution in [3.8, 4) is 5.75 Å². The summed E-state index contributed by atoms with van der Waals surface area (Å²) in [5, 5.41) is 0. The lowest BCUT2D eigenvalue weighted by atomic mass is 10.1. The molecule has 1 aromatic carbocycles. The summed E-state index contributed by atoms with van der Waals surface area (Å²) in [6, 6.07) is 8.35. The van der Waals surface area contributed by atoms with Gasteiger partial charge in [0.1, 0.15) is 10.6 Å². The van der Waals surface area contributed by atoms with E-state index in [4.69, 9.17) is 4.74 Å². The Kier molecular flexibility index (Phi) is 5.73. The van der Waals surface area contributed by atoms with Crippen molar-refractivity contribution in [3.05, 3.63) is 41.7 Å². The fraction of sp³-hybridized carbons (Fsp3) is 0.444. The fourth-order valence-corrected chi connectivity index (χ4v) is 4.20. The van der Waals surface area contributed by atoms with Gasteiger partial charge in [0, 0.05) is 18.8 Å². The maximum Gasteiger partial charge on any atom is 0.244 e. The predicted octanol–water partition coefficient (Wildman–Crippen LogP) is 2.26. The van der Waals surface area contributed by atoms with Crippen LogP contribution in [0.1, 0.15) is 30.7 Å². The number of aromatic nitrogens is 2. The fourth-order valence-electron chi connectivity index (χ4n) is 3.03. The molecule has 0 amide bonds. The number of ether oxygens (including phenoxy) is 1. The van der Waals surface area contributed by atoms with E-state index in [0.29, 0.717) is 17.4 Å². The van der Waals surface area contributed by atoms with E-state index in [1.54, 1.807) is 24.3 Å². The molecule has 0 radical (unpaired) electrons. The van der Waals surface area contributed by atoms with Gasteiger partial charge in [0.05, 0.1) is 19.3 Å². The molecule has 1 fully saturated rings. The van der Waals surface area contributed by atoms with E-state index in [1.165, 1.54) is 19.6 Å². The van der Waals surface area contributed by atoms with Crippen LogP contribution in [-0.4, -0.2) is 38.6 Å². The van der Waals surface area contributed by atoms with Crippen molar-refractivity contribution in [1.29, 1.82) is 0 Å². The monoisotopic (exact) mass is 376 g/mol. The van der Waals surface area contributed by atoms with Crippen molar-refractivity contribution >= 4 is 16.0 Å². The molecule has 0 atom stereocenters. The summed E-state index contributed by atoms with van der Waals surface area (Å²) in [5.74, 6) is 0.990. The van der Waals surface area contributed by atoms with Gasteiger partial charge in [0.15, 0.2) is 0 Å². The Balaban J connectivity index is 1.77. The number of hydrogen-bond donors (Lipinski definition) is 1. The van der Waals surface area contributed by atoms with Gasteiger partial charge < -0.3 is 9.64 Å². The van der Waals surface area contributed by atoms with Crippen molar-refractivity contribution < 1.29 is 13.2 Å². The largest absolute Gasteiger partial charge is 0.495 e. The molecule has 3 rings (SSSR count). The molecule has 0 saturated carbocycles. The molecule has 1 aliphatic heterocycles. The van der Waals surface area contributed by atoms with Gasteiger partial charge in [-0.3, -0.25) is 0 Å². The maximum atomic E-state index is 12.6. The van der Waals surface area contributed by atoms with Crippen LogP contribution in [0.3, 0.4) is 0 Å². The molecule has 1 saturated heterocycles. The van der Waals surface area contributed by atoms with Crippen LogP contribution < -0.4 is 14.4 Å². The minimum atomic E-state index is -3.70. The zero-order valence-electron chi connectivity index (χ0n) is 15.1. The van der Waals surface area contributed by atoms with Crippen molar-refractivity contribution in [1.82, 2.24) is 14.7 Å². The van der Waals surface area contributed by atoms with Crippen LogP contribution >= 0.6 is 0 Å². The minimum Gasteiger partial charge on any atom is -0.495 e. The molecule has 1 N–H and O–H groups in total. The first-order valence-corrected chi connectivity index (χ1v) is 10.2. The molecule has 26 heavy (non-hydrogen) atoms. The van der Waals surface area contributed by atoms with E-state index in [0.717, 1.165) is 31.6 Å². The number of piperidine rings is 1. The third-order valence-electron chi connectivity index (χ3n) is 4.34. The molecular weight excluding hydrogens is 352 g/mol. The van der Waals surface area contributed by atoms with Crippen molar-refractivity contribution in [2.24, 2.45) is 0 Å². The van der Waals surface area contributed by atoms with Crippen LogP contribution in [0.15, 0.2) is 35.2 Å². The second-order valence-electron chi connectivity index (χ2n) is 6.32. The minimum absolute atomic E-state index is 0.102. The SMILES string of the molecule is COc1ccccc1S(=O)(=O)NCc1cc(C)nc(N2CCCCC2)n1. The molecule has 2 heterocycles. The number of nitrogens with zero attached hydrogens (tertiary/aromatic N) is 3. The lowest BCUT2D eigenvalue weighted by molar-refractivity contribution is 0.402. The summed E-state index contributed by atoms with van der Waals surface area (Å²) in [5.41, 5.74) is 1.48. The Labute approximate surface area is 154 Å². The number of benzene rings is 1. The third kappa shape index (κ3) is 4.31. The highest BCUT2D eigenvalue weighted by atomic mass is 32.2. The molecule has 7 nitrogen and oxygen atoms in total. The number of aryl methyl sites for hydroxylation is 1. The van der Waals surface area contributed by atoms with Gasteiger partial charge in [-0.05, 0) is 44.4 Å². The first kappa shape index (κ1) is 18.6. The Bertz CT molecular complexity index is 864. The first-order chi connectivity index (χ1) is 12.5. The number of methoxy groups -OCH3 is 1. The number of rotatable bonds is 6. The highest BCUT2D eigenvalue weighted by Crippen LogP contribution is 2.23. The third-order valence-corrected chi connectivity index (χ3v) is 5.78. The zero-order chi connectivity index (χ0) is 18.6. The zero-order valence-corrected chi connectivity index (χ0v) is 15.9. The van der Waals surface area contributed by atoms with Gasteiger partial charge in [-0.1, -0.05) is 12.1 Å². The summed E-state index contributed by atoms with van der Waals surface area (Å²) in [7, 11) is -2.25. The van der Waals surface area contributed by atoms with Crippen LogP contribution in [-0.2, 0) is 16.6 Å². The average molecular weight is 376 g/mol. The predicted molar refractivity (Wildman–Crippen MR) is 99.9 cm³/mol. The van der Waals surface area contributed by atoms with E-state index in [9.17, 15) is 8.42 Å². The van der Waals surface area contributed by atoms with Gasteiger partial charge >= 0.3 is 0 Å². The van der Waals surface area contributed by atoms with Crippen LogP contribution in [0, 0.1) is 6.92 Å². The van der Waals surface area contributed by atoms with Crippen molar-refractivity contribution in [2.75, 3.05) is 25.1 Å². The number of para-hydroxylation sites is 1. The lowest BCUT2D eigenvalue weighted by Gasteiger charge is -2.27. The van der Waals surface area contributed by atoms with Gasteiger partial charge in [0.25, 0.3) is 0 Å². The Hall–Kier alpha value is -2.19. The molecule has 1 aromatic heterocycles. The van der Waals surface area contributed by atoms with Crippen molar-refractivity contribution in [3.63, 3.8) is 0 Å². The molecule has 0 aliphatic carbocycles. The summed E-state index contributed by atoms with van der Waals surface area (Å²) in [6.07, 6.45) is 3.49. The smallest absolute Gasteiger partial charge is 0.244 e. The summed E-state index contributed by atoms with van der Waals surface area (Å²) in [6.45, 7) is 3.88. The van der Waals surface area contributed by atoms with Gasteiger partial charge in [-0.15, -0.1) is 0 Å². The van der Waals surface area contributed by atoms with Crippen LogP contribution in [0.25, 0.3) is 0 Å². The van der Waals surface area contributed by atoms with E-state index in [1.807, 2.05) is 6.92 Å². The van der Waals surface area contributed by atoms with Crippen LogP contribution in [0.5, 0.6) is 5.75 Å². The summed E-state index contributed by atoms with van der Waals surface area (Å²) in [4.78, 5) is 11.3. The Morgan fingerprint density at radius 3 is 2.62 bits per heavy atom. The number of sulfonamides is 1. The van der Waals surface area contributed by atoms with E-state index in [2.05, 4.69) is 19.6 Å². The summed E-state index contributed by atoms with van der Waals surface area (Å²) >= 11 is 0. The lowest BCUT2D eigenvalue weighted by Crippen LogP contribution is -2.32. The normalized spacial score (nSPS) is 15.1. The van der Waals surface area contributed by atoms with E-state index in [-0.39, 0.29) is 11.4 Å². The van der Waals surface area contributed by atoms with Gasteiger partial charge in [-0.25, -0.2) is 23.1 Å². The number of hydrogen-bond acceptors (Lipinski definition) is 6. The highest BCUT2D eigenvalue weighted by molar-refractivity contribution is 7.89. The molecule has 140 valence electrons.